The van der Waals surface area contributed by atoms with Crippen LogP contribution >= 0.6 is 11.3 Å². The van der Waals surface area contributed by atoms with Crippen LogP contribution < -0.4 is 5.73 Å². The standard InChI is InChI=1S/C9H14N2OS/c10-5-7-6-11-9(13-7)8-3-1-2-4-12-8/h6,8H,1-5,10H2. The maximum Gasteiger partial charge on any atom is 0.122 e. The number of hydrogen-bond acceptors (Lipinski definition) is 4. The van der Waals surface area contributed by atoms with Gasteiger partial charge in [0.15, 0.2) is 0 Å². The zero-order valence-corrected chi connectivity index (χ0v) is 8.35. The molecule has 1 aromatic rings. The highest BCUT2D eigenvalue weighted by molar-refractivity contribution is 7.11. The van der Waals surface area contributed by atoms with Gasteiger partial charge in [0.2, 0.25) is 0 Å². The third kappa shape index (κ3) is 2.07. The number of nitrogens with two attached hydrogens (primary N) is 1. The van der Waals surface area contributed by atoms with Gasteiger partial charge in [-0.1, -0.05) is 0 Å². The molecular weight excluding hydrogens is 184 g/mol. The highest BCUT2D eigenvalue weighted by Crippen LogP contribution is 2.30. The van der Waals surface area contributed by atoms with Crippen LogP contribution in [0.3, 0.4) is 0 Å². The number of nitrogens with zero attached hydrogens (tertiary/aromatic N) is 1. The Hall–Kier alpha value is -0.450. The number of thiazole rings is 1. The van der Waals surface area contributed by atoms with E-state index >= 15 is 0 Å². The fourth-order valence-electron chi connectivity index (χ4n) is 1.50. The van der Waals surface area contributed by atoms with Crippen molar-refractivity contribution in [3.63, 3.8) is 0 Å². The quantitative estimate of drug-likeness (QED) is 0.788. The van der Waals surface area contributed by atoms with Gasteiger partial charge in [-0.05, 0) is 19.3 Å². The van der Waals surface area contributed by atoms with Gasteiger partial charge >= 0.3 is 0 Å². The van der Waals surface area contributed by atoms with Crippen LogP contribution in [0, 0.1) is 0 Å². The predicted molar refractivity (Wildman–Crippen MR) is 52.5 cm³/mol. The van der Waals surface area contributed by atoms with Crippen molar-refractivity contribution in [1.82, 2.24) is 4.98 Å². The zero-order valence-electron chi connectivity index (χ0n) is 7.53. The Morgan fingerprint density at radius 1 is 1.62 bits per heavy atom. The summed E-state index contributed by atoms with van der Waals surface area (Å²) in [6, 6.07) is 0. The molecule has 0 amide bonds. The van der Waals surface area contributed by atoms with Crippen molar-refractivity contribution >= 4 is 11.3 Å². The Morgan fingerprint density at radius 3 is 3.15 bits per heavy atom. The van der Waals surface area contributed by atoms with Gasteiger partial charge in [0, 0.05) is 24.2 Å². The van der Waals surface area contributed by atoms with Crippen LogP contribution in [0.2, 0.25) is 0 Å². The molecule has 4 heteroatoms. The number of aromatic nitrogens is 1. The molecule has 1 aliphatic heterocycles. The third-order valence-electron chi connectivity index (χ3n) is 2.23. The topological polar surface area (TPSA) is 48.1 Å². The van der Waals surface area contributed by atoms with E-state index in [2.05, 4.69) is 4.98 Å². The summed E-state index contributed by atoms with van der Waals surface area (Å²) in [7, 11) is 0. The zero-order chi connectivity index (χ0) is 9.10. The van der Waals surface area contributed by atoms with Gasteiger partial charge in [-0.15, -0.1) is 11.3 Å². The fraction of sp³-hybridized carbons (Fsp3) is 0.667. The SMILES string of the molecule is NCc1cnc(C2CCCCO2)s1. The van der Waals surface area contributed by atoms with E-state index in [1.54, 1.807) is 11.3 Å². The first-order valence-electron chi connectivity index (χ1n) is 4.66. The minimum atomic E-state index is 0.235. The summed E-state index contributed by atoms with van der Waals surface area (Å²) in [5.74, 6) is 0. The van der Waals surface area contributed by atoms with Crippen LogP contribution in [0.1, 0.15) is 35.3 Å². The van der Waals surface area contributed by atoms with Gasteiger partial charge < -0.3 is 10.5 Å². The van der Waals surface area contributed by atoms with Crippen molar-refractivity contribution in [2.75, 3.05) is 6.61 Å². The Balaban J connectivity index is 2.05. The lowest BCUT2D eigenvalue weighted by Gasteiger charge is -2.20. The van der Waals surface area contributed by atoms with E-state index in [-0.39, 0.29) is 6.10 Å². The van der Waals surface area contributed by atoms with Crippen molar-refractivity contribution in [3.8, 4) is 0 Å². The van der Waals surface area contributed by atoms with Crippen molar-refractivity contribution in [1.29, 1.82) is 0 Å². The van der Waals surface area contributed by atoms with Gasteiger partial charge in [-0.2, -0.15) is 0 Å². The van der Waals surface area contributed by atoms with E-state index < -0.39 is 0 Å². The smallest absolute Gasteiger partial charge is 0.122 e. The van der Waals surface area contributed by atoms with Gasteiger partial charge in [-0.25, -0.2) is 4.98 Å². The Kier molecular flexibility index (Phi) is 2.93. The van der Waals surface area contributed by atoms with E-state index in [1.165, 1.54) is 12.8 Å². The molecule has 1 unspecified atom stereocenters. The van der Waals surface area contributed by atoms with E-state index in [0.717, 1.165) is 22.9 Å². The largest absolute Gasteiger partial charge is 0.371 e. The lowest BCUT2D eigenvalue weighted by molar-refractivity contribution is 0.0148. The maximum atomic E-state index is 5.63. The highest BCUT2D eigenvalue weighted by Gasteiger charge is 2.18. The molecular formula is C9H14N2OS. The lowest BCUT2D eigenvalue weighted by Crippen LogP contribution is -2.10. The molecule has 3 nitrogen and oxygen atoms in total. The van der Waals surface area contributed by atoms with E-state index in [9.17, 15) is 0 Å². The molecule has 0 saturated carbocycles. The highest BCUT2D eigenvalue weighted by atomic mass is 32.1. The summed E-state index contributed by atoms with van der Waals surface area (Å²) >= 11 is 1.68. The molecule has 0 spiro atoms. The second-order valence-electron chi connectivity index (χ2n) is 3.22. The summed E-state index contributed by atoms with van der Waals surface area (Å²) in [4.78, 5) is 5.47. The summed E-state index contributed by atoms with van der Waals surface area (Å²) in [6.07, 6.45) is 5.64. The first kappa shape index (κ1) is 9.12. The average Bonchev–Trinajstić information content (AvgIpc) is 2.67. The normalized spacial score (nSPS) is 23.3. The molecule has 1 aromatic heterocycles. The molecule has 1 atom stereocenters. The minimum absolute atomic E-state index is 0.235. The molecule has 2 heterocycles. The van der Waals surface area contributed by atoms with Crippen LogP contribution in [0.4, 0.5) is 0 Å². The van der Waals surface area contributed by atoms with Crippen LogP contribution in [0.25, 0.3) is 0 Å². The summed E-state index contributed by atoms with van der Waals surface area (Å²) < 4.78 is 5.63. The Bertz CT molecular complexity index is 268. The number of hydrogen-bond donors (Lipinski definition) is 1. The van der Waals surface area contributed by atoms with Crippen LogP contribution in [-0.2, 0) is 11.3 Å². The first-order valence-corrected chi connectivity index (χ1v) is 5.48. The van der Waals surface area contributed by atoms with E-state index in [1.807, 2.05) is 6.20 Å². The predicted octanol–water partition coefficient (Wildman–Crippen LogP) is 1.84. The van der Waals surface area contributed by atoms with Crippen LogP contribution in [-0.4, -0.2) is 11.6 Å². The van der Waals surface area contributed by atoms with Crippen LogP contribution in [0.5, 0.6) is 0 Å². The molecule has 13 heavy (non-hydrogen) atoms. The molecule has 1 fully saturated rings. The number of rotatable bonds is 2. The van der Waals surface area contributed by atoms with Gasteiger partial charge in [0.25, 0.3) is 0 Å². The summed E-state index contributed by atoms with van der Waals surface area (Å²) in [5.41, 5.74) is 5.52. The molecule has 2 N–H and O–H groups in total. The molecule has 1 saturated heterocycles. The van der Waals surface area contributed by atoms with E-state index in [0.29, 0.717) is 6.54 Å². The lowest BCUT2D eigenvalue weighted by atomic mass is 10.1. The second kappa shape index (κ2) is 4.17. The molecule has 0 aromatic carbocycles. The van der Waals surface area contributed by atoms with Crippen LogP contribution in [0.15, 0.2) is 6.20 Å². The van der Waals surface area contributed by atoms with Gasteiger partial charge in [0.05, 0.1) is 0 Å². The van der Waals surface area contributed by atoms with E-state index in [4.69, 9.17) is 10.5 Å². The average molecular weight is 198 g/mol. The van der Waals surface area contributed by atoms with Crippen molar-refractivity contribution in [3.05, 3.63) is 16.1 Å². The Morgan fingerprint density at radius 2 is 2.54 bits per heavy atom. The molecule has 2 rings (SSSR count). The number of ether oxygens (including phenoxy) is 1. The van der Waals surface area contributed by atoms with Crippen molar-refractivity contribution in [2.24, 2.45) is 5.73 Å². The second-order valence-corrected chi connectivity index (χ2v) is 4.37. The molecule has 0 bridgehead atoms. The summed E-state index contributed by atoms with van der Waals surface area (Å²) in [5, 5.41) is 1.10. The first-order chi connectivity index (χ1) is 6.40. The molecule has 0 radical (unpaired) electrons. The van der Waals surface area contributed by atoms with Crippen molar-refractivity contribution in [2.45, 2.75) is 31.9 Å². The molecule has 0 aliphatic carbocycles. The maximum absolute atomic E-state index is 5.63. The van der Waals surface area contributed by atoms with Gasteiger partial charge in [0.1, 0.15) is 11.1 Å². The molecule has 72 valence electrons. The van der Waals surface area contributed by atoms with Crippen molar-refractivity contribution < 1.29 is 4.74 Å². The summed E-state index contributed by atoms with van der Waals surface area (Å²) in [6.45, 7) is 1.46. The minimum Gasteiger partial charge on any atom is -0.371 e. The molecule has 1 aliphatic rings. The van der Waals surface area contributed by atoms with Gasteiger partial charge in [-0.3, -0.25) is 0 Å². The fourth-order valence-corrected chi connectivity index (χ4v) is 2.38. The third-order valence-corrected chi connectivity index (χ3v) is 3.34. The monoisotopic (exact) mass is 198 g/mol. The Labute approximate surface area is 81.9 Å².